The number of carbonyl (C=O) groups is 1. The van der Waals surface area contributed by atoms with E-state index in [0.717, 1.165) is 18.6 Å². The van der Waals surface area contributed by atoms with Crippen molar-refractivity contribution in [1.29, 1.82) is 0 Å². The van der Waals surface area contributed by atoms with E-state index < -0.39 is 34.8 Å². The predicted octanol–water partition coefficient (Wildman–Crippen LogP) is 1.89. The summed E-state index contributed by atoms with van der Waals surface area (Å²) in [6, 6.07) is 13.1. The first kappa shape index (κ1) is 22.7. The van der Waals surface area contributed by atoms with Crippen LogP contribution in [0.2, 0.25) is 0 Å². The summed E-state index contributed by atoms with van der Waals surface area (Å²) in [6.07, 6.45) is -4.89. The number of hydrogen-bond donors (Lipinski definition) is 2. The lowest BCUT2D eigenvalue weighted by molar-refractivity contribution is -0.144. The van der Waals surface area contributed by atoms with Gasteiger partial charge in [-0.1, -0.05) is 30.3 Å². The van der Waals surface area contributed by atoms with Crippen molar-refractivity contribution in [3.8, 4) is 5.69 Å². The zero-order chi connectivity index (χ0) is 25.1. The fraction of sp³-hybridized carbons (Fsp3) is 0.136. The summed E-state index contributed by atoms with van der Waals surface area (Å²) in [7, 11) is 0.905. The molecule has 13 heteroatoms. The first-order valence-corrected chi connectivity index (χ1v) is 10.8. The molecular weight excluding hydrogens is 487 g/mol. The van der Waals surface area contributed by atoms with Crippen molar-refractivity contribution in [2.75, 3.05) is 0 Å². The molecule has 0 aliphatic carbocycles. The Morgan fingerprint density at radius 1 is 1.06 bits per heavy atom. The molecule has 0 radical (unpaired) electrons. The molecule has 178 valence electrons. The fourth-order valence-electron chi connectivity index (χ4n) is 3.78. The molecule has 9 nitrogen and oxygen atoms in total. The Morgan fingerprint density at radius 3 is 2.46 bits per heavy atom. The monoisotopic (exact) mass is 501 g/mol. The molecule has 2 aromatic heterocycles. The molecule has 35 heavy (non-hydrogen) atoms. The molecule has 2 N–H and O–H groups in total. The third-order valence-electron chi connectivity index (χ3n) is 5.52. The first-order chi connectivity index (χ1) is 16.5. The minimum Gasteiger partial charge on any atom is -0.357 e. The zero-order valence-corrected chi connectivity index (χ0v) is 18.5. The molecule has 0 fully saturated rings. The maximum atomic E-state index is 13.2. The van der Waals surface area contributed by atoms with Gasteiger partial charge in [-0.2, -0.15) is 17.5 Å². The van der Waals surface area contributed by atoms with Gasteiger partial charge in [0.25, 0.3) is 17.2 Å². The minimum absolute atomic E-state index is 0.0625. The molecule has 3 heterocycles. The highest BCUT2D eigenvalue weighted by molar-refractivity contribution is 7.13. The largest absolute Gasteiger partial charge is 0.431 e. The van der Waals surface area contributed by atoms with Gasteiger partial charge in [-0.15, -0.1) is 0 Å². The van der Waals surface area contributed by atoms with Crippen LogP contribution >= 0.6 is 11.5 Å². The molecule has 0 bridgehead atoms. The number of fused-ring (bicyclic) bond motifs is 1. The van der Waals surface area contributed by atoms with Crippen LogP contribution < -0.4 is 16.6 Å². The van der Waals surface area contributed by atoms with Crippen molar-refractivity contribution < 1.29 is 23.1 Å². The molecule has 1 aliphatic heterocycles. The summed E-state index contributed by atoms with van der Waals surface area (Å²) < 4.78 is 45.1. The van der Waals surface area contributed by atoms with Crippen LogP contribution in [0.15, 0.2) is 69.2 Å². The van der Waals surface area contributed by atoms with Crippen LogP contribution in [0.5, 0.6) is 0 Å². The van der Waals surface area contributed by atoms with Gasteiger partial charge in [0.15, 0.2) is 0 Å². The van der Waals surface area contributed by atoms with Gasteiger partial charge in [-0.3, -0.25) is 14.2 Å². The number of carbonyl (C=O) groups excluding carboxylic acids is 1. The summed E-state index contributed by atoms with van der Waals surface area (Å²) in [5.41, 5.74) is -5.83. The zero-order valence-electron chi connectivity index (χ0n) is 17.7. The number of aliphatic hydroxyl groups is 1. The number of rotatable bonds is 3. The third-order valence-corrected chi connectivity index (χ3v) is 6.35. The van der Waals surface area contributed by atoms with Crippen molar-refractivity contribution in [2.24, 2.45) is 12.0 Å². The van der Waals surface area contributed by atoms with Gasteiger partial charge < -0.3 is 10.4 Å². The summed E-state index contributed by atoms with van der Waals surface area (Å²) in [4.78, 5) is 42.0. The summed E-state index contributed by atoms with van der Waals surface area (Å²) in [6.45, 7) is 0. The molecule has 1 amide bonds. The van der Waals surface area contributed by atoms with E-state index in [-0.39, 0.29) is 22.6 Å². The van der Waals surface area contributed by atoms with Crippen molar-refractivity contribution >= 4 is 33.4 Å². The maximum absolute atomic E-state index is 13.2. The number of benzene rings is 2. The number of alkyl halides is 3. The van der Waals surface area contributed by atoms with Gasteiger partial charge in [0, 0.05) is 24.1 Å². The lowest BCUT2D eigenvalue weighted by Gasteiger charge is -2.15. The highest BCUT2D eigenvalue weighted by atomic mass is 32.1. The Hall–Kier alpha value is -4.10. The van der Waals surface area contributed by atoms with Crippen molar-refractivity contribution in [3.63, 3.8) is 0 Å². The lowest BCUT2D eigenvalue weighted by atomic mass is 10.1. The maximum Gasteiger partial charge on any atom is 0.431 e. The highest BCUT2D eigenvalue weighted by Gasteiger charge is 2.47. The van der Waals surface area contributed by atoms with Gasteiger partial charge in [0.2, 0.25) is 0 Å². The van der Waals surface area contributed by atoms with Crippen LogP contribution in [0.3, 0.4) is 0 Å². The third kappa shape index (κ3) is 3.56. The highest BCUT2D eigenvalue weighted by Crippen LogP contribution is 2.35. The molecule has 2 aromatic carbocycles. The van der Waals surface area contributed by atoms with E-state index in [1.165, 1.54) is 18.2 Å². The van der Waals surface area contributed by atoms with Crippen molar-refractivity contribution in [1.82, 2.24) is 18.8 Å². The average molecular weight is 501 g/mol. The van der Waals surface area contributed by atoms with Crippen LogP contribution in [0.4, 0.5) is 13.2 Å². The Morgan fingerprint density at radius 2 is 1.77 bits per heavy atom. The standard InChI is InChI=1S/C22H14F3N5O4S/c1-29-15(22(23,24)25)10-16(31)30(20(29)33)12-7-8-14-13(9-12)17(28-35-14)21(34)19(32)26-18(27-21)11-5-3-2-4-6-11/h2-10,34H,1H3,(H,26,27,32). The Balaban J connectivity index is 1.67. The van der Waals surface area contributed by atoms with Gasteiger partial charge in [0.1, 0.15) is 17.2 Å². The van der Waals surface area contributed by atoms with Crippen molar-refractivity contribution in [3.05, 3.63) is 92.4 Å². The number of aliphatic imine (C=N–C) groups is 1. The summed E-state index contributed by atoms with van der Waals surface area (Å²) >= 11 is 0.941. The second-order valence-electron chi connectivity index (χ2n) is 7.71. The number of nitrogens with one attached hydrogen (secondary N) is 1. The average Bonchev–Trinajstić information content (AvgIpc) is 3.37. The molecule has 1 unspecified atom stereocenters. The number of amides is 1. The Labute approximate surface area is 197 Å². The smallest absolute Gasteiger partial charge is 0.357 e. The van der Waals surface area contributed by atoms with Crippen LogP contribution in [0, 0.1) is 0 Å². The van der Waals surface area contributed by atoms with E-state index in [4.69, 9.17) is 0 Å². The Kier molecular flexibility index (Phi) is 5.00. The number of amidine groups is 1. The number of halogens is 3. The molecular formula is C22H14F3N5O4S. The molecule has 1 atom stereocenters. The Bertz CT molecular complexity index is 1660. The molecule has 4 aromatic rings. The molecule has 1 aliphatic rings. The van der Waals surface area contributed by atoms with Crippen LogP contribution in [0.25, 0.3) is 15.8 Å². The number of aromatic nitrogens is 3. The van der Waals surface area contributed by atoms with Gasteiger partial charge in [0.05, 0.1) is 10.4 Å². The van der Waals surface area contributed by atoms with Crippen LogP contribution in [0.1, 0.15) is 17.0 Å². The van der Waals surface area contributed by atoms with Crippen LogP contribution in [-0.2, 0) is 23.7 Å². The second-order valence-corrected chi connectivity index (χ2v) is 8.51. The molecule has 0 saturated carbocycles. The minimum atomic E-state index is -4.89. The first-order valence-electron chi connectivity index (χ1n) is 10.0. The van der Waals surface area contributed by atoms with Crippen LogP contribution in [-0.4, -0.2) is 30.4 Å². The van der Waals surface area contributed by atoms with E-state index in [1.807, 2.05) is 0 Å². The molecule has 5 rings (SSSR count). The topological polar surface area (TPSA) is 119 Å². The van der Waals surface area contributed by atoms with E-state index >= 15 is 0 Å². The number of hydrogen-bond acceptors (Lipinski definition) is 7. The van der Waals surface area contributed by atoms with Gasteiger partial charge in [-0.05, 0) is 29.7 Å². The van der Waals surface area contributed by atoms with E-state index in [2.05, 4.69) is 14.7 Å². The van der Waals surface area contributed by atoms with E-state index in [9.17, 15) is 32.7 Å². The lowest BCUT2D eigenvalue weighted by Crippen LogP contribution is -2.40. The summed E-state index contributed by atoms with van der Waals surface area (Å²) in [5.74, 6) is -0.722. The van der Waals surface area contributed by atoms with Gasteiger partial charge in [-0.25, -0.2) is 14.4 Å². The SMILES string of the molecule is Cn1c(C(F)(F)F)cc(=O)n(-c2ccc3snc(C4(O)N=C(c5ccccc5)NC4=O)c3c2)c1=O. The van der Waals surface area contributed by atoms with E-state index in [1.54, 1.807) is 30.3 Å². The number of nitrogens with zero attached hydrogens (tertiary/aromatic N) is 4. The van der Waals surface area contributed by atoms with Gasteiger partial charge >= 0.3 is 11.9 Å². The van der Waals surface area contributed by atoms with Crippen molar-refractivity contribution in [2.45, 2.75) is 11.9 Å². The normalized spacial score (nSPS) is 18.1. The quantitative estimate of drug-likeness (QED) is 0.445. The second kappa shape index (κ2) is 7.71. The fourth-order valence-corrected chi connectivity index (χ4v) is 4.58. The summed E-state index contributed by atoms with van der Waals surface area (Å²) in [5, 5.41) is 13.9. The van der Waals surface area contributed by atoms with E-state index in [0.29, 0.717) is 25.5 Å². The predicted molar refractivity (Wildman–Crippen MR) is 120 cm³/mol. The molecule has 0 spiro atoms. The molecule has 0 saturated heterocycles.